The first-order chi connectivity index (χ1) is 24.7. The van der Waals surface area contributed by atoms with E-state index in [4.69, 9.17) is 29.4 Å². The molecule has 0 radical (unpaired) electrons. The maximum absolute atomic E-state index is 12.6. The molecule has 0 rings (SSSR count). The molecule has 4 N–H and O–H groups in total. The molecule has 0 bridgehead atoms. The van der Waals surface area contributed by atoms with E-state index in [0.717, 1.165) is 51.4 Å². The quantitative estimate of drug-likeness (QED) is 0.0240. The number of esters is 1. The number of carbonyl (C=O) groups excluding carboxylic acids is 1. The molecule has 0 heterocycles. The molecule has 0 aromatic heterocycles. The minimum absolute atomic E-state index is 0.0131. The number of allylic oxidation sites excluding steroid dienone is 4. The normalized spacial score (nSPS) is 14.3. The van der Waals surface area contributed by atoms with Crippen molar-refractivity contribution in [1.82, 2.24) is 0 Å². The Morgan fingerprint density at radius 3 is 1.67 bits per heavy atom. The standard InChI is InChI=1S/C40H76NO9P/c1-3-5-7-9-11-13-15-17-19-20-22-24-26-28-30-32-39(42)50-37(35-48-51(45,46)49-36-38(41)40(43)44)34-47-33-31-29-27-25-23-21-18-16-14-12-10-8-6-4-2/h8,10,14,16,37-38H,3-7,9,11-13,15,17-36,41H2,1-2H3,(H,43,44)(H,45,46)/b10-8-,16-14-. The molecule has 0 aromatic carbocycles. The van der Waals surface area contributed by atoms with Crippen LogP contribution in [-0.4, -0.2) is 60.5 Å². The third kappa shape index (κ3) is 36.6. The predicted octanol–water partition coefficient (Wildman–Crippen LogP) is 10.8. The molecule has 10 nitrogen and oxygen atoms in total. The Bertz CT molecular complexity index is 914. The van der Waals surface area contributed by atoms with Crippen molar-refractivity contribution in [3.63, 3.8) is 0 Å². The summed E-state index contributed by atoms with van der Waals surface area (Å²) in [5.41, 5.74) is 5.34. The fourth-order valence-corrected chi connectivity index (χ4v) is 6.30. The third-order valence-electron chi connectivity index (χ3n) is 8.71. The van der Waals surface area contributed by atoms with Crippen LogP contribution in [0, 0.1) is 0 Å². The van der Waals surface area contributed by atoms with Crippen LogP contribution in [0.15, 0.2) is 24.3 Å². The second-order valence-electron chi connectivity index (χ2n) is 13.8. The minimum Gasteiger partial charge on any atom is -0.480 e. The van der Waals surface area contributed by atoms with Crippen molar-refractivity contribution < 1.29 is 42.7 Å². The van der Waals surface area contributed by atoms with E-state index in [1.165, 1.54) is 103 Å². The van der Waals surface area contributed by atoms with Gasteiger partial charge in [0.25, 0.3) is 0 Å². The molecule has 0 amide bonds. The summed E-state index contributed by atoms with van der Waals surface area (Å²) in [6, 6.07) is -1.47. The molecule has 0 fully saturated rings. The number of hydrogen-bond acceptors (Lipinski definition) is 8. The molecule has 300 valence electrons. The molecule has 0 aliphatic heterocycles. The summed E-state index contributed by atoms with van der Waals surface area (Å²) < 4.78 is 33.3. The fraction of sp³-hybridized carbons (Fsp3) is 0.850. The lowest BCUT2D eigenvalue weighted by molar-refractivity contribution is -0.154. The van der Waals surface area contributed by atoms with Crippen molar-refractivity contribution in [2.45, 2.75) is 193 Å². The van der Waals surface area contributed by atoms with E-state index in [1.807, 2.05) is 0 Å². The summed E-state index contributed by atoms with van der Waals surface area (Å²) in [6.07, 6.45) is 37.9. The first-order valence-corrected chi connectivity index (χ1v) is 21.9. The summed E-state index contributed by atoms with van der Waals surface area (Å²) >= 11 is 0. The molecular formula is C40H76NO9P. The van der Waals surface area contributed by atoms with Crippen LogP contribution < -0.4 is 5.73 Å². The number of carboxylic acids is 1. The van der Waals surface area contributed by atoms with Crippen molar-refractivity contribution in [2.75, 3.05) is 26.4 Å². The molecular weight excluding hydrogens is 669 g/mol. The van der Waals surface area contributed by atoms with Gasteiger partial charge in [0.2, 0.25) is 0 Å². The van der Waals surface area contributed by atoms with Crippen LogP contribution in [-0.2, 0) is 32.7 Å². The van der Waals surface area contributed by atoms with Gasteiger partial charge in [-0.1, -0.05) is 160 Å². The number of ether oxygens (including phenoxy) is 2. The number of carbonyl (C=O) groups is 2. The Kier molecular flexibility index (Phi) is 35.7. The van der Waals surface area contributed by atoms with Gasteiger partial charge >= 0.3 is 19.8 Å². The Labute approximate surface area is 311 Å². The zero-order valence-corrected chi connectivity index (χ0v) is 33.3. The number of phosphoric acid groups is 1. The fourth-order valence-electron chi connectivity index (χ4n) is 5.52. The average Bonchev–Trinajstić information content (AvgIpc) is 3.10. The summed E-state index contributed by atoms with van der Waals surface area (Å²) in [5.74, 6) is -1.78. The summed E-state index contributed by atoms with van der Waals surface area (Å²) in [5, 5.41) is 8.87. The average molecular weight is 746 g/mol. The maximum atomic E-state index is 12.6. The van der Waals surface area contributed by atoms with Crippen LogP contribution >= 0.6 is 7.82 Å². The predicted molar refractivity (Wildman–Crippen MR) is 208 cm³/mol. The zero-order chi connectivity index (χ0) is 37.7. The smallest absolute Gasteiger partial charge is 0.472 e. The van der Waals surface area contributed by atoms with Crippen molar-refractivity contribution in [3.05, 3.63) is 24.3 Å². The van der Waals surface area contributed by atoms with Gasteiger partial charge in [0.1, 0.15) is 12.1 Å². The van der Waals surface area contributed by atoms with E-state index in [2.05, 4.69) is 38.2 Å². The molecule has 0 aliphatic carbocycles. The molecule has 11 heteroatoms. The molecule has 0 saturated heterocycles. The number of unbranched alkanes of at least 4 members (excludes halogenated alkanes) is 21. The van der Waals surface area contributed by atoms with E-state index in [1.54, 1.807) is 0 Å². The Morgan fingerprint density at radius 2 is 1.12 bits per heavy atom. The van der Waals surface area contributed by atoms with Crippen LogP contribution in [0.3, 0.4) is 0 Å². The number of phosphoric ester groups is 1. The molecule has 3 unspecified atom stereocenters. The van der Waals surface area contributed by atoms with Gasteiger partial charge < -0.3 is 25.2 Å². The number of carboxylic acid groups (broad SMARTS) is 1. The minimum atomic E-state index is -4.61. The number of nitrogens with two attached hydrogens (primary N) is 1. The highest BCUT2D eigenvalue weighted by molar-refractivity contribution is 7.47. The highest BCUT2D eigenvalue weighted by Crippen LogP contribution is 2.43. The Hall–Kier alpha value is -1.55. The van der Waals surface area contributed by atoms with E-state index >= 15 is 0 Å². The van der Waals surface area contributed by atoms with Crippen LogP contribution in [0.4, 0.5) is 0 Å². The number of hydrogen-bond donors (Lipinski definition) is 3. The van der Waals surface area contributed by atoms with Crippen molar-refractivity contribution in [3.8, 4) is 0 Å². The highest BCUT2D eigenvalue weighted by atomic mass is 31.2. The largest absolute Gasteiger partial charge is 0.480 e. The van der Waals surface area contributed by atoms with E-state index in [9.17, 15) is 19.0 Å². The Balaban J connectivity index is 4.27. The maximum Gasteiger partial charge on any atom is 0.472 e. The lowest BCUT2D eigenvalue weighted by Gasteiger charge is -2.20. The molecule has 0 aliphatic rings. The monoisotopic (exact) mass is 746 g/mol. The summed E-state index contributed by atoms with van der Waals surface area (Å²) in [4.78, 5) is 33.4. The van der Waals surface area contributed by atoms with Crippen molar-refractivity contribution in [2.24, 2.45) is 5.73 Å². The van der Waals surface area contributed by atoms with Gasteiger partial charge in [-0.15, -0.1) is 0 Å². The lowest BCUT2D eigenvalue weighted by atomic mass is 10.0. The highest BCUT2D eigenvalue weighted by Gasteiger charge is 2.27. The SMILES string of the molecule is CCC/C=C\C/C=C\CCCCCCCCOCC(COP(=O)(O)OCC(N)C(=O)O)OC(=O)CCCCCCCCCCCCCCCCC. The molecule has 51 heavy (non-hydrogen) atoms. The van der Waals surface area contributed by atoms with E-state index < -0.39 is 45.1 Å². The van der Waals surface area contributed by atoms with Crippen LogP contribution in [0.5, 0.6) is 0 Å². The topological polar surface area (TPSA) is 155 Å². The lowest BCUT2D eigenvalue weighted by Crippen LogP contribution is -2.34. The molecule has 0 saturated carbocycles. The molecule has 3 atom stereocenters. The molecule has 0 aromatic rings. The summed E-state index contributed by atoms with van der Waals surface area (Å²) in [6.45, 7) is 3.80. The van der Waals surface area contributed by atoms with Gasteiger partial charge in [-0.2, -0.15) is 0 Å². The summed E-state index contributed by atoms with van der Waals surface area (Å²) in [7, 11) is -4.61. The van der Waals surface area contributed by atoms with Gasteiger partial charge in [0.05, 0.1) is 19.8 Å². The second-order valence-corrected chi connectivity index (χ2v) is 15.2. The van der Waals surface area contributed by atoms with Crippen LogP contribution in [0.25, 0.3) is 0 Å². The van der Waals surface area contributed by atoms with Gasteiger partial charge in [-0.25, -0.2) is 4.57 Å². The zero-order valence-electron chi connectivity index (χ0n) is 32.5. The van der Waals surface area contributed by atoms with Crippen LogP contribution in [0.1, 0.15) is 181 Å². The molecule has 0 spiro atoms. The van der Waals surface area contributed by atoms with Gasteiger partial charge in [-0.05, 0) is 38.5 Å². The van der Waals surface area contributed by atoms with Crippen LogP contribution in [0.2, 0.25) is 0 Å². The van der Waals surface area contributed by atoms with Gasteiger partial charge in [0, 0.05) is 13.0 Å². The van der Waals surface area contributed by atoms with E-state index in [-0.39, 0.29) is 13.0 Å². The second kappa shape index (κ2) is 36.8. The van der Waals surface area contributed by atoms with E-state index in [0.29, 0.717) is 13.0 Å². The Morgan fingerprint density at radius 1 is 0.627 bits per heavy atom. The number of aliphatic carboxylic acids is 1. The number of rotatable bonds is 39. The van der Waals surface area contributed by atoms with Gasteiger partial charge in [-0.3, -0.25) is 18.6 Å². The first-order valence-electron chi connectivity index (χ1n) is 20.4. The van der Waals surface area contributed by atoms with Crippen molar-refractivity contribution in [1.29, 1.82) is 0 Å². The van der Waals surface area contributed by atoms with Gasteiger partial charge in [0.15, 0.2) is 0 Å². The first kappa shape index (κ1) is 49.5. The van der Waals surface area contributed by atoms with Crippen molar-refractivity contribution >= 4 is 19.8 Å². The third-order valence-corrected chi connectivity index (χ3v) is 9.67.